The average Bonchev–Trinajstić information content (AvgIpc) is 3.15. The first-order chi connectivity index (χ1) is 16.2. The molecule has 0 aliphatic heterocycles. The summed E-state index contributed by atoms with van der Waals surface area (Å²) in [5.74, 6) is -0.828. The largest absolute Gasteiger partial charge is 0.319 e. The number of benzene rings is 3. The van der Waals surface area contributed by atoms with Gasteiger partial charge in [0.1, 0.15) is 0 Å². The number of non-ortho nitro benzene ring substituents is 2. The van der Waals surface area contributed by atoms with E-state index in [2.05, 4.69) is 4.99 Å². The van der Waals surface area contributed by atoms with E-state index in [1.165, 1.54) is 11.3 Å². The van der Waals surface area contributed by atoms with Gasteiger partial charge in [-0.15, -0.1) is 0 Å². The molecule has 0 aliphatic carbocycles. The lowest BCUT2D eigenvalue weighted by Gasteiger charge is -2.07. The van der Waals surface area contributed by atoms with Crippen LogP contribution in [0.15, 0.2) is 77.8 Å². The molecule has 170 valence electrons. The third kappa shape index (κ3) is 4.63. The lowest BCUT2D eigenvalue weighted by atomic mass is 10.1. The summed E-state index contributed by atoms with van der Waals surface area (Å²) in [5, 5.41) is 22.9. The minimum atomic E-state index is -0.828. The van der Waals surface area contributed by atoms with Crippen LogP contribution in [-0.2, 0) is 7.05 Å². The number of nitro groups is 2. The first-order valence-electron chi connectivity index (χ1n) is 9.78. The fourth-order valence-corrected chi connectivity index (χ4v) is 4.62. The molecule has 0 aliphatic rings. The summed E-state index contributed by atoms with van der Waals surface area (Å²) < 4.78 is 1.74. The highest BCUT2D eigenvalue weighted by molar-refractivity contribution is 7.13. The summed E-state index contributed by atoms with van der Waals surface area (Å²) >= 11 is 7.30. The van der Waals surface area contributed by atoms with Crippen LogP contribution in [0.2, 0.25) is 5.02 Å². The quantitative estimate of drug-likeness (QED) is 0.263. The minimum Gasteiger partial charge on any atom is -0.319 e. The van der Waals surface area contributed by atoms with E-state index in [0.717, 1.165) is 39.9 Å². The van der Waals surface area contributed by atoms with Crippen LogP contribution in [0.1, 0.15) is 10.4 Å². The fourth-order valence-electron chi connectivity index (χ4n) is 3.35. The number of nitrogens with zero attached hydrogens (tertiary/aromatic N) is 4. The number of hydrogen-bond acceptors (Lipinski definition) is 6. The van der Waals surface area contributed by atoms with Gasteiger partial charge in [0, 0.05) is 24.2 Å². The molecule has 4 aromatic rings. The number of hydrogen-bond donors (Lipinski definition) is 0. The van der Waals surface area contributed by atoms with Gasteiger partial charge in [-0.1, -0.05) is 65.4 Å². The first-order valence-corrected chi connectivity index (χ1v) is 11.0. The van der Waals surface area contributed by atoms with Crippen molar-refractivity contribution in [2.75, 3.05) is 0 Å². The zero-order valence-corrected chi connectivity index (χ0v) is 19.1. The normalized spacial score (nSPS) is 11.4. The van der Waals surface area contributed by atoms with Crippen molar-refractivity contribution in [3.63, 3.8) is 0 Å². The molecular weight excluding hydrogens is 480 g/mol. The molecule has 1 heterocycles. The Morgan fingerprint density at radius 2 is 1.50 bits per heavy atom. The molecule has 34 heavy (non-hydrogen) atoms. The maximum atomic E-state index is 12.9. The van der Waals surface area contributed by atoms with Gasteiger partial charge < -0.3 is 4.57 Å². The Bertz CT molecular complexity index is 1460. The molecule has 0 N–H and O–H groups in total. The van der Waals surface area contributed by atoms with Crippen molar-refractivity contribution in [1.82, 2.24) is 4.57 Å². The third-order valence-electron chi connectivity index (χ3n) is 4.95. The van der Waals surface area contributed by atoms with Gasteiger partial charge in [0.05, 0.1) is 32.0 Å². The summed E-state index contributed by atoms with van der Waals surface area (Å²) in [6.07, 6.45) is 0. The fraction of sp³-hybridized carbons (Fsp3) is 0.0435. The van der Waals surface area contributed by atoms with Gasteiger partial charge in [-0.3, -0.25) is 25.0 Å². The highest BCUT2D eigenvalue weighted by Gasteiger charge is 2.21. The van der Waals surface area contributed by atoms with Crippen LogP contribution in [0.4, 0.5) is 11.4 Å². The number of aromatic nitrogens is 1. The van der Waals surface area contributed by atoms with Crippen molar-refractivity contribution < 1.29 is 14.6 Å². The van der Waals surface area contributed by atoms with Crippen molar-refractivity contribution in [1.29, 1.82) is 0 Å². The van der Waals surface area contributed by atoms with Gasteiger partial charge in [-0.2, -0.15) is 4.99 Å². The number of carbonyl (C=O) groups is 1. The number of thiazole rings is 1. The Labute approximate surface area is 201 Å². The highest BCUT2D eigenvalue weighted by Crippen LogP contribution is 2.34. The monoisotopic (exact) mass is 494 g/mol. The number of amides is 1. The van der Waals surface area contributed by atoms with E-state index >= 15 is 0 Å². The second-order valence-electron chi connectivity index (χ2n) is 7.16. The van der Waals surface area contributed by atoms with Crippen LogP contribution in [0.5, 0.6) is 0 Å². The van der Waals surface area contributed by atoms with E-state index in [4.69, 9.17) is 11.6 Å². The Morgan fingerprint density at radius 1 is 0.912 bits per heavy atom. The Morgan fingerprint density at radius 3 is 2.06 bits per heavy atom. The predicted molar refractivity (Wildman–Crippen MR) is 129 cm³/mol. The van der Waals surface area contributed by atoms with Gasteiger partial charge >= 0.3 is 0 Å². The van der Waals surface area contributed by atoms with Crippen LogP contribution in [0, 0.1) is 20.2 Å². The van der Waals surface area contributed by atoms with Crippen LogP contribution < -0.4 is 4.80 Å². The standard InChI is InChI=1S/C23H15ClN4O5S/c1-26-20(14-7-9-17(24)10-8-14)21(15-5-3-2-4-6-15)34-23(26)25-22(29)16-11-18(27(30)31)13-19(12-16)28(32)33/h2-13H,1H3. The topological polar surface area (TPSA) is 121 Å². The number of carbonyl (C=O) groups excluding carboxylic acids is 1. The SMILES string of the molecule is Cn1c(-c2ccc(Cl)cc2)c(-c2ccccc2)sc1=NC(=O)c1cc([N+](=O)[O-])cc([N+](=O)[O-])c1. The van der Waals surface area contributed by atoms with Crippen LogP contribution in [0.3, 0.4) is 0 Å². The molecule has 0 saturated heterocycles. The van der Waals surface area contributed by atoms with Crippen molar-refractivity contribution in [3.8, 4) is 21.7 Å². The van der Waals surface area contributed by atoms with E-state index in [9.17, 15) is 25.0 Å². The summed E-state index contributed by atoms with van der Waals surface area (Å²) in [7, 11) is 1.74. The van der Waals surface area contributed by atoms with E-state index in [0.29, 0.717) is 9.82 Å². The molecule has 0 fully saturated rings. The molecule has 3 aromatic carbocycles. The van der Waals surface area contributed by atoms with Crippen LogP contribution in [-0.4, -0.2) is 20.3 Å². The first kappa shape index (κ1) is 23.0. The van der Waals surface area contributed by atoms with Crippen molar-refractivity contribution in [2.24, 2.45) is 12.0 Å². The molecule has 0 bridgehead atoms. The second kappa shape index (κ2) is 9.38. The zero-order chi connectivity index (χ0) is 24.4. The average molecular weight is 495 g/mol. The van der Waals surface area contributed by atoms with E-state index in [1.807, 2.05) is 42.5 Å². The minimum absolute atomic E-state index is 0.247. The van der Waals surface area contributed by atoms with Gasteiger partial charge in [0.2, 0.25) is 0 Å². The van der Waals surface area contributed by atoms with Crippen molar-refractivity contribution in [3.05, 3.63) is 108 Å². The molecule has 0 radical (unpaired) electrons. The molecule has 0 saturated carbocycles. The predicted octanol–water partition coefficient (Wildman–Crippen LogP) is 5.63. The van der Waals surface area contributed by atoms with Gasteiger partial charge in [-0.25, -0.2) is 0 Å². The molecule has 1 aromatic heterocycles. The number of nitro benzene ring substituents is 2. The molecule has 0 spiro atoms. The molecule has 0 unspecified atom stereocenters. The van der Waals surface area contributed by atoms with Crippen molar-refractivity contribution >= 4 is 40.2 Å². The van der Waals surface area contributed by atoms with E-state index < -0.39 is 27.1 Å². The third-order valence-corrected chi connectivity index (χ3v) is 6.39. The summed E-state index contributed by atoms with van der Waals surface area (Å²) in [4.78, 5) is 39.0. The molecule has 9 nitrogen and oxygen atoms in total. The molecule has 0 atom stereocenters. The lowest BCUT2D eigenvalue weighted by Crippen LogP contribution is -2.14. The number of rotatable bonds is 5. The Hall–Kier alpha value is -4.15. The van der Waals surface area contributed by atoms with Gasteiger partial charge in [0.25, 0.3) is 17.3 Å². The van der Waals surface area contributed by atoms with Gasteiger partial charge in [0.15, 0.2) is 4.80 Å². The summed E-state index contributed by atoms with van der Waals surface area (Å²) in [6.45, 7) is 0. The van der Waals surface area contributed by atoms with Crippen molar-refractivity contribution in [2.45, 2.75) is 0 Å². The second-order valence-corrected chi connectivity index (χ2v) is 8.58. The maximum absolute atomic E-state index is 12.9. The lowest BCUT2D eigenvalue weighted by molar-refractivity contribution is -0.394. The summed E-state index contributed by atoms with van der Waals surface area (Å²) in [5.41, 5.74) is 1.19. The zero-order valence-electron chi connectivity index (χ0n) is 17.5. The van der Waals surface area contributed by atoms with Crippen LogP contribution >= 0.6 is 22.9 Å². The van der Waals surface area contributed by atoms with Crippen LogP contribution in [0.25, 0.3) is 21.7 Å². The Kier molecular flexibility index (Phi) is 6.35. The molecular formula is C23H15ClN4O5S. The Balaban J connectivity index is 1.89. The molecule has 4 rings (SSSR count). The smallest absolute Gasteiger partial charge is 0.280 e. The highest BCUT2D eigenvalue weighted by atomic mass is 35.5. The molecule has 1 amide bonds. The van der Waals surface area contributed by atoms with E-state index in [1.54, 1.807) is 23.7 Å². The molecule has 11 heteroatoms. The van der Waals surface area contributed by atoms with Gasteiger partial charge in [-0.05, 0) is 23.3 Å². The number of halogens is 1. The maximum Gasteiger partial charge on any atom is 0.280 e. The summed E-state index contributed by atoms with van der Waals surface area (Å²) in [6, 6.07) is 19.5. The van der Waals surface area contributed by atoms with E-state index in [-0.39, 0.29) is 5.56 Å².